The second-order valence-electron chi connectivity index (χ2n) is 5.30. The van der Waals surface area contributed by atoms with Crippen molar-refractivity contribution in [2.45, 2.75) is 26.2 Å². The second kappa shape index (κ2) is 6.41. The van der Waals surface area contributed by atoms with Crippen molar-refractivity contribution in [3.8, 4) is 0 Å². The van der Waals surface area contributed by atoms with Gasteiger partial charge in [0.15, 0.2) is 0 Å². The fourth-order valence-electron chi connectivity index (χ4n) is 2.16. The minimum Gasteiger partial charge on any atom is -0.480 e. The lowest BCUT2D eigenvalue weighted by Crippen LogP contribution is -2.45. The summed E-state index contributed by atoms with van der Waals surface area (Å²) in [5.74, 6) is -0.479. The van der Waals surface area contributed by atoms with Crippen molar-refractivity contribution in [3.63, 3.8) is 0 Å². The van der Waals surface area contributed by atoms with Gasteiger partial charge in [0, 0.05) is 12.2 Å². The first kappa shape index (κ1) is 14.4. The summed E-state index contributed by atoms with van der Waals surface area (Å²) in [6.45, 7) is 2.24. The molecule has 2 rings (SSSR count). The molecule has 1 aromatic carbocycles. The van der Waals surface area contributed by atoms with E-state index in [-0.39, 0.29) is 12.6 Å². The number of nitrogens with zero attached hydrogens (tertiary/aromatic N) is 1. The number of carbonyl (C=O) groups excluding carboxylic acids is 1. The summed E-state index contributed by atoms with van der Waals surface area (Å²) in [6, 6.07) is 6.91. The highest BCUT2D eigenvalue weighted by atomic mass is 16.4. The Bertz CT molecular complexity index is 480. The first-order valence-corrected chi connectivity index (χ1v) is 6.90. The van der Waals surface area contributed by atoms with Gasteiger partial charge < -0.3 is 10.4 Å². The van der Waals surface area contributed by atoms with E-state index >= 15 is 0 Å². The molecule has 0 heterocycles. The van der Waals surface area contributed by atoms with Crippen LogP contribution in [-0.2, 0) is 4.79 Å². The van der Waals surface area contributed by atoms with E-state index in [1.54, 1.807) is 12.1 Å². The Hall–Kier alpha value is -2.04. The van der Waals surface area contributed by atoms with E-state index in [2.05, 4.69) is 5.32 Å². The number of rotatable bonds is 5. The molecule has 2 N–H and O–H groups in total. The van der Waals surface area contributed by atoms with Crippen LogP contribution in [-0.4, -0.2) is 30.2 Å². The maximum Gasteiger partial charge on any atom is 0.323 e. The van der Waals surface area contributed by atoms with Gasteiger partial charge in [-0.3, -0.25) is 9.69 Å². The molecule has 0 unspecified atom stereocenters. The van der Waals surface area contributed by atoms with Gasteiger partial charge in [-0.05, 0) is 37.8 Å². The number of carbonyl (C=O) groups is 2. The van der Waals surface area contributed by atoms with Gasteiger partial charge in [-0.25, -0.2) is 4.79 Å². The van der Waals surface area contributed by atoms with Crippen molar-refractivity contribution in [1.29, 1.82) is 0 Å². The molecule has 20 heavy (non-hydrogen) atoms. The fourth-order valence-corrected chi connectivity index (χ4v) is 2.16. The number of amides is 2. The lowest BCUT2D eigenvalue weighted by molar-refractivity contribution is -0.135. The highest BCUT2D eigenvalue weighted by Gasteiger charge is 2.22. The maximum atomic E-state index is 12.2. The van der Waals surface area contributed by atoms with Gasteiger partial charge in [0.1, 0.15) is 6.54 Å². The smallest absolute Gasteiger partial charge is 0.323 e. The number of nitrogens with one attached hydrogen (secondary N) is 1. The van der Waals surface area contributed by atoms with Gasteiger partial charge >= 0.3 is 12.0 Å². The lowest BCUT2D eigenvalue weighted by atomic mass is 9.85. The molecule has 0 aliphatic heterocycles. The topological polar surface area (TPSA) is 69.6 Å². The SMILES string of the molecule is Cc1ccc(N(CC(=O)O)C(=O)NCC2CCC2)cc1. The quantitative estimate of drug-likeness (QED) is 0.867. The summed E-state index contributed by atoms with van der Waals surface area (Å²) in [7, 11) is 0. The summed E-state index contributed by atoms with van der Waals surface area (Å²) in [5, 5.41) is 11.8. The van der Waals surface area contributed by atoms with E-state index in [1.165, 1.54) is 11.3 Å². The van der Waals surface area contributed by atoms with Gasteiger partial charge in [0.05, 0.1) is 0 Å². The zero-order valence-electron chi connectivity index (χ0n) is 11.6. The highest BCUT2D eigenvalue weighted by Crippen LogP contribution is 2.25. The Morgan fingerprint density at radius 3 is 2.45 bits per heavy atom. The van der Waals surface area contributed by atoms with Crippen LogP contribution in [0.2, 0.25) is 0 Å². The Morgan fingerprint density at radius 1 is 1.30 bits per heavy atom. The van der Waals surface area contributed by atoms with Crippen LogP contribution in [0.3, 0.4) is 0 Å². The molecule has 0 bridgehead atoms. The van der Waals surface area contributed by atoms with Gasteiger partial charge in [0.2, 0.25) is 0 Å². The van der Waals surface area contributed by atoms with Gasteiger partial charge in [-0.1, -0.05) is 24.1 Å². The second-order valence-corrected chi connectivity index (χ2v) is 5.30. The predicted octanol–water partition coefficient (Wildman–Crippen LogP) is 2.40. The summed E-state index contributed by atoms with van der Waals surface area (Å²) < 4.78 is 0. The molecule has 2 amide bonds. The van der Waals surface area contributed by atoms with Crippen LogP contribution in [0.25, 0.3) is 0 Å². The standard InChI is InChI=1S/C15H20N2O3/c1-11-5-7-13(8-6-11)17(10-14(18)19)15(20)16-9-12-3-2-4-12/h5-8,12H,2-4,9-10H2,1H3,(H,16,20)(H,18,19). The Morgan fingerprint density at radius 2 is 1.95 bits per heavy atom. The molecule has 5 heteroatoms. The molecule has 0 atom stereocenters. The first-order valence-electron chi connectivity index (χ1n) is 6.90. The summed E-state index contributed by atoms with van der Waals surface area (Å²) >= 11 is 0. The third kappa shape index (κ3) is 3.73. The van der Waals surface area contributed by atoms with Crippen LogP contribution in [0.1, 0.15) is 24.8 Å². The number of hydrogen-bond donors (Lipinski definition) is 2. The molecule has 1 fully saturated rings. The number of urea groups is 1. The van der Waals surface area contributed by atoms with Crippen molar-refractivity contribution in [3.05, 3.63) is 29.8 Å². The largest absolute Gasteiger partial charge is 0.480 e. The molecule has 0 radical (unpaired) electrons. The number of benzene rings is 1. The number of aryl methyl sites for hydroxylation is 1. The molecule has 108 valence electrons. The van der Waals surface area contributed by atoms with Crippen LogP contribution >= 0.6 is 0 Å². The molecule has 5 nitrogen and oxygen atoms in total. The average Bonchev–Trinajstić information content (AvgIpc) is 2.35. The molecule has 0 aromatic heterocycles. The van der Waals surface area contributed by atoms with E-state index in [9.17, 15) is 9.59 Å². The van der Waals surface area contributed by atoms with Crippen molar-refractivity contribution >= 4 is 17.7 Å². The van der Waals surface area contributed by atoms with E-state index in [4.69, 9.17) is 5.11 Å². The maximum absolute atomic E-state index is 12.2. The molecule has 1 aliphatic carbocycles. The third-order valence-corrected chi connectivity index (χ3v) is 3.65. The van der Waals surface area contributed by atoms with Crippen LogP contribution in [0.15, 0.2) is 24.3 Å². The van der Waals surface area contributed by atoms with Gasteiger partial charge in [-0.15, -0.1) is 0 Å². The highest BCUT2D eigenvalue weighted by molar-refractivity contribution is 5.96. The zero-order chi connectivity index (χ0) is 14.5. The fraction of sp³-hybridized carbons (Fsp3) is 0.467. The average molecular weight is 276 g/mol. The van der Waals surface area contributed by atoms with Crippen LogP contribution in [0, 0.1) is 12.8 Å². The minimum absolute atomic E-state index is 0.334. The third-order valence-electron chi connectivity index (χ3n) is 3.65. The molecule has 1 aliphatic rings. The summed E-state index contributed by atoms with van der Waals surface area (Å²) in [6.07, 6.45) is 3.50. The van der Waals surface area contributed by atoms with Crippen molar-refractivity contribution < 1.29 is 14.7 Å². The van der Waals surface area contributed by atoms with Gasteiger partial charge in [0.25, 0.3) is 0 Å². The minimum atomic E-state index is -1.02. The first-order chi connectivity index (χ1) is 9.56. The molecular formula is C15H20N2O3. The molecular weight excluding hydrogens is 256 g/mol. The van der Waals surface area contributed by atoms with E-state index in [1.807, 2.05) is 19.1 Å². The number of hydrogen-bond acceptors (Lipinski definition) is 2. The van der Waals surface area contributed by atoms with Crippen molar-refractivity contribution in [2.75, 3.05) is 18.0 Å². The van der Waals surface area contributed by atoms with E-state index in [0.717, 1.165) is 18.4 Å². The number of carboxylic acids is 1. The van der Waals surface area contributed by atoms with E-state index < -0.39 is 5.97 Å². The molecule has 0 saturated heterocycles. The predicted molar refractivity (Wildman–Crippen MR) is 76.9 cm³/mol. The lowest BCUT2D eigenvalue weighted by Gasteiger charge is -2.27. The molecule has 1 aromatic rings. The Labute approximate surface area is 118 Å². The van der Waals surface area contributed by atoms with Crippen molar-refractivity contribution in [1.82, 2.24) is 5.32 Å². The summed E-state index contributed by atoms with van der Waals surface area (Å²) in [5.41, 5.74) is 1.67. The van der Waals surface area contributed by atoms with Crippen LogP contribution < -0.4 is 10.2 Å². The molecule has 0 spiro atoms. The van der Waals surface area contributed by atoms with Gasteiger partial charge in [-0.2, -0.15) is 0 Å². The normalized spacial score (nSPS) is 14.4. The number of carboxylic acid groups (broad SMARTS) is 1. The summed E-state index contributed by atoms with van der Waals surface area (Å²) in [4.78, 5) is 24.4. The van der Waals surface area contributed by atoms with Crippen LogP contribution in [0.5, 0.6) is 0 Å². The Balaban J connectivity index is 2.03. The zero-order valence-corrected chi connectivity index (χ0v) is 11.6. The van der Waals surface area contributed by atoms with E-state index in [0.29, 0.717) is 18.2 Å². The van der Waals surface area contributed by atoms with Crippen molar-refractivity contribution in [2.24, 2.45) is 5.92 Å². The van der Waals surface area contributed by atoms with Crippen LogP contribution in [0.4, 0.5) is 10.5 Å². The Kier molecular flexibility index (Phi) is 4.61. The number of anilines is 1. The molecule has 1 saturated carbocycles. The number of aliphatic carboxylic acids is 1. The monoisotopic (exact) mass is 276 g/mol.